The van der Waals surface area contributed by atoms with E-state index in [1.54, 1.807) is 19.9 Å². The minimum absolute atomic E-state index is 0.0617. The highest BCUT2D eigenvalue weighted by atomic mass is 19.1. The molecule has 0 bridgehead atoms. The highest BCUT2D eigenvalue weighted by Gasteiger charge is 2.31. The lowest BCUT2D eigenvalue weighted by molar-refractivity contribution is 0.199. The summed E-state index contributed by atoms with van der Waals surface area (Å²) in [4.78, 5) is 2.08. The molecule has 1 atom stereocenters. The molecular weight excluding hydrogens is 233 g/mol. The molecule has 1 aliphatic carbocycles. The number of rotatable bonds is 5. The van der Waals surface area contributed by atoms with Crippen LogP contribution in [0.5, 0.6) is 0 Å². The van der Waals surface area contributed by atoms with Crippen molar-refractivity contribution in [2.45, 2.75) is 38.8 Å². The van der Waals surface area contributed by atoms with Crippen LogP contribution < -0.4 is 4.90 Å². The van der Waals surface area contributed by atoms with Gasteiger partial charge in [0.1, 0.15) is 5.82 Å². The second-order valence-corrected chi connectivity index (χ2v) is 4.98. The SMILES string of the molecule is Cc1cc(N(CCO)C2CC2)c([C@H](C)O)cc1F. The van der Waals surface area contributed by atoms with Crippen LogP contribution in [0.15, 0.2) is 12.1 Å². The van der Waals surface area contributed by atoms with Crippen LogP contribution >= 0.6 is 0 Å². The Balaban J connectivity index is 2.42. The Morgan fingerprint density at radius 3 is 2.61 bits per heavy atom. The van der Waals surface area contributed by atoms with Crippen LogP contribution in [0, 0.1) is 12.7 Å². The Morgan fingerprint density at radius 2 is 2.11 bits per heavy atom. The number of anilines is 1. The summed E-state index contributed by atoms with van der Waals surface area (Å²) in [5.74, 6) is -0.297. The van der Waals surface area contributed by atoms with Gasteiger partial charge in [0.05, 0.1) is 12.7 Å². The van der Waals surface area contributed by atoms with E-state index in [4.69, 9.17) is 5.11 Å². The Bertz CT molecular complexity index is 430. The van der Waals surface area contributed by atoms with Gasteiger partial charge in [0, 0.05) is 23.8 Å². The Labute approximate surface area is 107 Å². The summed E-state index contributed by atoms with van der Waals surface area (Å²) in [7, 11) is 0. The molecule has 0 aliphatic heterocycles. The van der Waals surface area contributed by atoms with Gasteiger partial charge in [-0.05, 0) is 44.4 Å². The molecule has 1 saturated carbocycles. The van der Waals surface area contributed by atoms with Gasteiger partial charge in [-0.3, -0.25) is 0 Å². The van der Waals surface area contributed by atoms with Crippen molar-refractivity contribution in [2.24, 2.45) is 0 Å². The molecule has 0 unspecified atom stereocenters. The molecule has 1 aromatic carbocycles. The van der Waals surface area contributed by atoms with Crippen molar-refractivity contribution in [3.63, 3.8) is 0 Å². The van der Waals surface area contributed by atoms with Crippen molar-refractivity contribution < 1.29 is 14.6 Å². The zero-order valence-electron chi connectivity index (χ0n) is 10.9. The number of halogens is 1. The van der Waals surface area contributed by atoms with Gasteiger partial charge in [-0.15, -0.1) is 0 Å². The third kappa shape index (κ3) is 2.65. The predicted octanol–water partition coefficient (Wildman–Crippen LogP) is 2.15. The zero-order valence-corrected chi connectivity index (χ0v) is 10.9. The second kappa shape index (κ2) is 5.24. The molecule has 0 saturated heterocycles. The summed E-state index contributed by atoms with van der Waals surface area (Å²) in [6.07, 6.45) is 1.47. The van der Waals surface area contributed by atoms with E-state index in [2.05, 4.69) is 4.90 Å². The molecule has 1 fully saturated rings. The first-order valence-corrected chi connectivity index (χ1v) is 6.40. The third-order valence-corrected chi connectivity index (χ3v) is 3.40. The standard InChI is InChI=1S/C14H20FNO2/c1-9-7-14(12(10(2)18)8-13(9)15)16(5-6-17)11-3-4-11/h7-8,10-11,17-18H,3-6H2,1-2H3/t10-/m0/s1. The lowest BCUT2D eigenvalue weighted by Gasteiger charge is -2.28. The average molecular weight is 253 g/mol. The topological polar surface area (TPSA) is 43.7 Å². The van der Waals surface area contributed by atoms with E-state index in [-0.39, 0.29) is 12.4 Å². The van der Waals surface area contributed by atoms with Crippen LogP contribution in [0.25, 0.3) is 0 Å². The van der Waals surface area contributed by atoms with Crippen LogP contribution in [0.2, 0.25) is 0 Å². The highest BCUT2D eigenvalue weighted by molar-refractivity contribution is 5.58. The Kier molecular flexibility index (Phi) is 3.88. The van der Waals surface area contributed by atoms with Gasteiger partial charge in [0.25, 0.3) is 0 Å². The van der Waals surface area contributed by atoms with Gasteiger partial charge in [-0.1, -0.05) is 0 Å². The minimum atomic E-state index is -0.713. The van der Waals surface area contributed by atoms with E-state index < -0.39 is 6.10 Å². The molecule has 0 amide bonds. The van der Waals surface area contributed by atoms with Crippen LogP contribution in [-0.2, 0) is 0 Å². The Hall–Kier alpha value is -1.13. The number of benzene rings is 1. The third-order valence-electron chi connectivity index (χ3n) is 3.40. The normalized spacial score (nSPS) is 16.7. The number of hydrogen-bond donors (Lipinski definition) is 2. The molecule has 2 rings (SSSR count). The molecule has 1 aliphatic rings. The van der Waals surface area contributed by atoms with Gasteiger partial charge < -0.3 is 15.1 Å². The zero-order chi connectivity index (χ0) is 13.3. The number of hydrogen-bond acceptors (Lipinski definition) is 3. The first kappa shape index (κ1) is 13.3. The van der Waals surface area contributed by atoms with E-state index in [0.717, 1.165) is 18.5 Å². The van der Waals surface area contributed by atoms with Crippen molar-refractivity contribution in [1.29, 1.82) is 0 Å². The fourth-order valence-corrected chi connectivity index (χ4v) is 2.26. The summed E-state index contributed by atoms with van der Waals surface area (Å²) in [6, 6.07) is 3.59. The van der Waals surface area contributed by atoms with Crippen molar-refractivity contribution in [3.05, 3.63) is 29.1 Å². The number of nitrogens with zero attached hydrogens (tertiary/aromatic N) is 1. The number of aryl methyl sites for hydroxylation is 1. The maximum absolute atomic E-state index is 13.6. The van der Waals surface area contributed by atoms with E-state index in [1.165, 1.54) is 6.07 Å². The molecule has 0 heterocycles. The molecule has 18 heavy (non-hydrogen) atoms. The molecule has 0 aromatic heterocycles. The highest BCUT2D eigenvalue weighted by Crippen LogP contribution is 2.36. The molecule has 4 heteroatoms. The van der Waals surface area contributed by atoms with Crippen LogP contribution in [0.3, 0.4) is 0 Å². The second-order valence-electron chi connectivity index (χ2n) is 4.98. The van der Waals surface area contributed by atoms with Gasteiger partial charge in [-0.2, -0.15) is 0 Å². The fourth-order valence-electron chi connectivity index (χ4n) is 2.26. The van der Waals surface area contributed by atoms with Crippen LogP contribution in [0.4, 0.5) is 10.1 Å². The van der Waals surface area contributed by atoms with Gasteiger partial charge >= 0.3 is 0 Å². The monoisotopic (exact) mass is 253 g/mol. The van der Waals surface area contributed by atoms with Crippen molar-refractivity contribution in [2.75, 3.05) is 18.1 Å². The average Bonchev–Trinajstić information content (AvgIpc) is 3.13. The minimum Gasteiger partial charge on any atom is -0.395 e. The lowest BCUT2D eigenvalue weighted by atomic mass is 10.0. The number of aliphatic hydroxyl groups is 2. The summed E-state index contributed by atoms with van der Waals surface area (Å²) in [5, 5.41) is 18.9. The molecule has 0 spiro atoms. The predicted molar refractivity (Wildman–Crippen MR) is 69.2 cm³/mol. The van der Waals surface area contributed by atoms with Gasteiger partial charge in [-0.25, -0.2) is 4.39 Å². The summed E-state index contributed by atoms with van der Waals surface area (Å²) in [6.45, 7) is 3.94. The fraction of sp³-hybridized carbons (Fsp3) is 0.571. The lowest BCUT2D eigenvalue weighted by Crippen LogP contribution is -2.30. The van der Waals surface area contributed by atoms with Gasteiger partial charge in [0.2, 0.25) is 0 Å². The number of aliphatic hydroxyl groups excluding tert-OH is 2. The van der Waals surface area contributed by atoms with Crippen LogP contribution in [0.1, 0.15) is 37.0 Å². The first-order chi connectivity index (χ1) is 8.54. The molecule has 3 nitrogen and oxygen atoms in total. The molecule has 2 N–H and O–H groups in total. The molecule has 0 radical (unpaired) electrons. The summed E-state index contributed by atoms with van der Waals surface area (Å²) in [5.41, 5.74) is 2.01. The van der Waals surface area contributed by atoms with Crippen molar-refractivity contribution in [3.8, 4) is 0 Å². The quantitative estimate of drug-likeness (QED) is 0.845. The summed E-state index contributed by atoms with van der Waals surface area (Å²) >= 11 is 0. The molecular formula is C14H20FNO2. The maximum atomic E-state index is 13.6. The van der Waals surface area contributed by atoms with Crippen molar-refractivity contribution in [1.82, 2.24) is 0 Å². The summed E-state index contributed by atoms with van der Waals surface area (Å²) < 4.78 is 13.6. The van der Waals surface area contributed by atoms with E-state index in [0.29, 0.717) is 23.7 Å². The maximum Gasteiger partial charge on any atom is 0.126 e. The largest absolute Gasteiger partial charge is 0.395 e. The Morgan fingerprint density at radius 1 is 1.44 bits per heavy atom. The van der Waals surface area contributed by atoms with E-state index in [9.17, 15) is 9.50 Å². The van der Waals surface area contributed by atoms with E-state index >= 15 is 0 Å². The van der Waals surface area contributed by atoms with Crippen LogP contribution in [-0.4, -0.2) is 29.4 Å². The first-order valence-electron chi connectivity index (χ1n) is 6.40. The molecule has 100 valence electrons. The molecule has 1 aromatic rings. The van der Waals surface area contributed by atoms with Crippen molar-refractivity contribution >= 4 is 5.69 Å². The smallest absolute Gasteiger partial charge is 0.126 e. The van der Waals surface area contributed by atoms with Gasteiger partial charge in [0.15, 0.2) is 0 Å². The van der Waals surface area contributed by atoms with E-state index in [1.807, 2.05) is 0 Å².